The predicted octanol–water partition coefficient (Wildman–Crippen LogP) is 1.96. The number of aryl methyl sites for hydroxylation is 1. The number of methoxy groups -OCH3 is 4. The molecular weight excluding hydrogens is 654 g/mol. The number of ether oxygens (including phenoxy) is 4. The van der Waals surface area contributed by atoms with Gasteiger partial charge in [-0.15, -0.1) is 5.10 Å². The molecular formula is C32H46F2N12O4. The van der Waals surface area contributed by atoms with E-state index in [1.54, 1.807) is 39.4 Å². The molecule has 18 heteroatoms. The molecule has 0 spiro atoms. The third-order valence-corrected chi connectivity index (χ3v) is 8.22. The molecule has 1 aliphatic rings. The first kappa shape index (κ1) is 36.8. The highest BCUT2D eigenvalue weighted by atomic mass is 19.2. The molecule has 4 heterocycles. The van der Waals surface area contributed by atoms with Crippen LogP contribution < -0.4 is 24.9 Å². The van der Waals surface area contributed by atoms with Gasteiger partial charge in [-0.2, -0.15) is 9.97 Å². The summed E-state index contributed by atoms with van der Waals surface area (Å²) >= 11 is 0. The van der Waals surface area contributed by atoms with Gasteiger partial charge in [-0.3, -0.25) is 4.68 Å². The van der Waals surface area contributed by atoms with E-state index in [1.165, 1.54) is 6.07 Å². The Morgan fingerprint density at radius 3 is 1.82 bits per heavy atom. The standard InChI is InChI=1S/C32H46F2N12O4/c1-42-22-36-30(41-42)44-10-8-43(9-11-44)29-27-26(37-32(40-29)46(14-18-49-4)15-19-50-5)28(35-21-23-6-7-24(33)25(34)20-23)39-31(38-27)45(12-16-47-2)13-17-48-3/h6-7,20,22H,8-19,21H2,1-5H3,(H,35,38,39). The number of hydrogen-bond acceptors (Lipinski definition) is 15. The maximum atomic E-state index is 14.2. The van der Waals surface area contributed by atoms with E-state index >= 15 is 0 Å². The Bertz CT molecular complexity index is 1660. The third-order valence-electron chi connectivity index (χ3n) is 8.22. The van der Waals surface area contributed by atoms with Crippen LogP contribution in [0, 0.1) is 11.6 Å². The summed E-state index contributed by atoms with van der Waals surface area (Å²) in [5.41, 5.74) is 1.54. The molecule has 1 fully saturated rings. The van der Waals surface area contributed by atoms with Crippen molar-refractivity contribution in [1.29, 1.82) is 0 Å². The minimum absolute atomic E-state index is 0.153. The highest BCUT2D eigenvalue weighted by Gasteiger charge is 2.27. The maximum Gasteiger partial charge on any atom is 0.244 e. The van der Waals surface area contributed by atoms with Gasteiger partial charge in [0.2, 0.25) is 17.8 Å². The summed E-state index contributed by atoms with van der Waals surface area (Å²) in [5, 5.41) is 7.82. The van der Waals surface area contributed by atoms with Gasteiger partial charge in [0.25, 0.3) is 0 Å². The van der Waals surface area contributed by atoms with Gasteiger partial charge in [0.15, 0.2) is 23.3 Å². The fourth-order valence-corrected chi connectivity index (χ4v) is 5.46. The minimum Gasteiger partial charge on any atom is -0.383 e. The van der Waals surface area contributed by atoms with Crippen LogP contribution in [-0.4, -0.2) is 142 Å². The molecule has 0 radical (unpaired) electrons. The second kappa shape index (κ2) is 17.9. The first-order valence-corrected chi connectivity index (χ1v) is 16.4. The van der Waals surface area contributed by atoms with Gasteiger partial charge >= 0.3 is 0 Å². The van der Waals surface area contributed by atoms with Crippen LogP contribution in [0.5, 0.6) is 0 Å². The van der Waals surface area contributed by atoms with Crippen LogP contribution in [0.4, 0.5) is 38.3 Å². The van der Waals surface area contributed by atoms with E-state index < -0.39 is 11.6 Å². The van der Waals surface area contributed by atoms with Crippen molar-refractivity contribution in [1.82, 2.24) is 34.7 Å². The summed E-state index contributed by atoms with van der Waals surface area (Å²) in [5.74, 6) is 0.754. The number of nitrogens with zero attached hydrogens (tertiary/aromatic N) is 11. The summed E-state index contributed by atoms with van der Waals surface area (Å²) in [6.45, 7) is 6.50. The lowest BCUT2D eigenvalue weighted by atomic mass is 10.2. The van der Waals surface area contributed by atoms with Gasteiger partial charge in [-0.05, 0) is 17.7 Å². The minimum atomic E-state index is -0.929. The molecule has 0 unspecified atom stereocenters. The Labute approximate surface area is 290 Å². The molecule has 0 atom stereocenters. The van der Waals surface area contributed by atoms with Crippen molar-refractivity contribution in [2.75, 3.05) is 132 Å². The zero-order valence-corrected chi connectivity index (χ0v) is 29.3. The van der Waals surface area contributed by atoms with Crippen molar-refractivity contribution in [3.05, 3.63) is 41.7 Å². The summed E-state index contributed by atoms with van der Waals surface area (Å²) < 4.78 is 51.2. The quantitative estimate of drug-likeness (QED) is 0.152. The number of anilines is 5. The van der Waals surface area contributed by atoms with Gasteiger partial charge in [-0.1, -0.05) is 6.07 Å². The topological polar surface area (TPSA) is 144 Å². The van der Waals surface area contributed by atoms with Crippen LogP contribution in [0.15, 0.2) is 24.5 Å². The van der Waals surface area contributed by atoms with Crippen LogP contribution in [0.1, 0.15) is 5.56 Å². The molecule has 0 bridgehead atoms. The molecule has 16 nitrogen and oxygen atoms in total. The van der Waals surface area contributed by atoms with E-state index in [1.807, 2.05) is 16.8 Å². The van der Waals surface area contributed by atoms with Crippen molar-refractivity contribution < 1.29 is 27.7 Å². The van der Waals surface area contributed by atoms with Crippen molar-refractivity contribution in [2.24, 2.45) is 7.05 Å². The largest absolute Gasteiger partial charge is 0.383 e. The predicted molar refractivity (Wildman–Crippen MR) is 186 cm³/mol. The van der Waals surface area contributed by atoms with E-state index in [2.05, 4.69) is 25.2 Å². The lowest BCUT2D eigenvalue weighted by Gasteiger charge is -2.35. The van der Waals surface area contributed by atoms with Gasteiger partial charge in [0.1, 0.15) is 17.4 Å². The lowest BCUT2D eigenvalue weighted by Crippen LogP contribution is -2.47. The van der Waals surface area contributed by atoms with E-state index in [9.17, 15) is 8.78 Å². The van der Waals surface area contributed by atoms with Crippen molar-refractivity contribution >= 4 is 40.5 Å². The maximum absolute atomic E-state index is 14.2. The van der Waals surface area contributed by atoms with E-state index in [-0.39, 0.29) is 6.54 Å². The Morgan fingerprint density at radius 1 is 0.720 bits per heavy atom. The molecule has 5 rings (SSSR count). The van der Waals surface area contributed by atoms with Crippen LogP contribution in [0.25, 0.3) is 11.0 Å². The molecule has 1 N–H and O–H groups in total. The van der Waals surface area contributed by atoms with Crippen LogP contribution >= 0.6 is 0 Å². The van der Waals surface area contributed by atoms with Gasteiger partial charge < -0.3 is 43.9 Å². The second-order valence-electron chi connectivity index (χ2n) is 11.7. The fraction of sp³-hybridized carbons (Fsp3) is 0.562. The second-order valence-corrected chi connectivity index (χ2v) is 11.7. The van der Waals surface area contributed by atoms with Crippen molar-refractivity contribution in [3.63, 3.8) is 0 Å². The summed E-state index contributed by atoms with van der Waals surface area (Å²) in [6, 6.07) is 3.79. The number of piperazine rings is 1. The Kier molecular flexibility index (Phi) is 13.2. The molecule has 50 heavy (non-hydrogen) atoms. The highest BCUT2D eigenvalue weighted by Crippen LogP contribution is 2.32. The monoisotopic (exact) mass is 700 g/mol. The molecule has 1 aromatic carbocycles. The zero-order valence-electron chi connectivity index (χ0n) is 29.3. The molecule has 0 aliphatic carbocycles. The number of benzene rings is 1. The van der Waals surface area contributed by atoms with Crippen LogP contribution in [0.3, 0.4) is 0 Å². The van der Waals surface area contributed by atoms with Gasteiger partial charge in [0, 0.05) is 94.4 Å². The zero-order chi connectivity index (χ0) is 35.5. The summed E-state index contributed by atoms with van der Waals surface area (Å²) in [4.78, 5) is 32.9. The van der Waals surface area contributed by atoms with E-state index in [0.717, 1.165) is 12.1 Å². The summed E-state index contributed by atoms with van der Waals surface area (Å²) in [6.07, 6.45) is 1.69. The molecule has 1 saturated heterocycles. The smallest absolute Gasteiger partial charge is 0.244 e. The molecule has 3 aromatic heterocycles. The Balaban J connectivity index is 1.63. The normalized spacial score (nSPS) is 13.3. The average molecular weight is 701 g/mol. The van der Waals surface area contributed by atoms with Crippen LogP contribution in [-0.2, 0) is 32.5 Å². The molecule has 0 amide bonds. The fourth-order valence-electron chi connectivity index (χ4n) is 5.46. The van der Waals surface area contributed by atoms with E-state index in [4.69, 9.17) is 38.9 Å². The number of rotatable bonds is 19. The number of fused-ring (bicyclic) bond motifs is 1. The van der Waals surface area contributed by atoms with E-state index in [0.29, 0.717) is 125 Å². The Morgan fingerprint density at radius 2 is 1.28 bits per heavy atom. The number of aromatic nitrogens is 7. The lowest BCUT2D eigenvalue weighted by molar-refractivity contribution is 0.189. The van der Waals surface area contributed by atoms with Gasteiger partial charge in [-0.25, -0.2) is 23.7 Å². The van der Waals surface area contributed by atoms with Crippen molar-refractivity contribution in [2.45, 2.75) is 6.54 Å². The molecule has 272 valence electrons. The number of halogens is 2. The molecule has 1 aliphatic heterocycles. The third kappa shape index (κ3) is 9.17. The van der Waals surface area contributed by atoms with Gasteiger partial charge in [0.05, 0.1) is 26.4 Å². The first-order valence-electron chi connectivity index (χ1n) is 16.4. The number of nitrogens with one attached hydrogen (secondary N) is 1. The number of hydrogen-bond donors (Lipinski definition) is 1. The highest BCUT2D eigenvalue weighted by molar-refractivity contribution is 5.95. The SMILES string of the molecule is COCCN(CCOC)c1nc(N2CCN(c3ncn(C)n3)CC2)c2nc(N(CCOC)CCOC)nc(NCc3ccc(F)c(F)c3)c2n1. The molecule has 4 aromatic rings. The van der Waals surface area contributed by atoms with Crippen molar-refractivity contribution in [3.8, 4) is 0 Å². The summed E-state index contributed by atoms with van der Waals surface area (Å²) in [7, 11) is 8.41. The average Bonchev–Trinajstić information content (AvgIpc) is 3.57. The first-order chi connectivity index (χ1) is 24.3. The molecule has 0 saturated carbocycles. The van der Waals surface area contributed by atoms with Crippen LogP contribution in [0.2, 0.25) is 0 Å². The Hall–Kier alpha value is -4.52.